The van der Waals surface area contributed by atoms with Crippen molar-refractivity contribution >= 4 is 23.0 Å². The van der Waals surface area contributed by atoms with Crippen LogP contribution in [0.3, 0.4) is 0 Å². The van der Waals surface area contributed by atoms with Gasteiger partial charge in [0.1, 0.15) is 5.75 Å². The first-order valence-corrected chi connectivity index (χ1v) is 7.07. The van der Waals surface area contributed by atoms with E-state index in [0.717, 1.165) is 29.4 Å². The maximum Gasteiger partial charge on any atom is 0.123 e. The van der Waals surface area contributed by atoms with Crippen molar-refractivity contribution in [2.75, 3.05) is 24.2 Å². The summed E-state index contributed by atoms with van der Waals surface area (Å²) in [5, 5.41) is 4.12. The molecule has 0 saturated carbocycles. The van der Waals surface area contributed by atoms with Gasteiger partial charge >= 0.3 is 0 Å². The van der Waals surface area contributed by atoms with E-state index in [1.54, 1.807) is 0 Å². The van der Waals surface area contributed by atoms with Crippen molar-refractivity contribution in [2.24, 2.45) is 0 Å². The monoisotopic (exact) mass is 290 g/mol. The number of benzene rings is 2. The second kappa shape index (κ2) is 7.06. The van der Waals surface area contributed by atoms with Crippen LogP contribution in [0.4, 0.5) is 11.4 Å². The molecule has 0 aromatic heterocycles. The number of hydrogen-bond acceptors (Lipinski definition) is 3. The molecule has 4 heteroatoms. The second-order valence-electron chi connectivity index (χ2n) is 4.53. The number of nitrogens with one attached hydrogen (secondary N) is 1. The van der Waals surface area contributed by atoms with Crippen LogP contribution in [-0.2, 0) is 6.42 Å². The lowest BCUT2D eigenvalue weighted by Crippen LogP contribution is -2.05. The van der Waals surface area contributed by atoms with E-state index in [0.29, 0.717) is 12.3 Å². The molecule has 0 aliphatic carbocycles. The molecule has 3 N–H and O–H groups in total. The molecule has 0 atom stereocenters. The molecule has 0 saturated heterocycles. The molecule has 20 heavy (non-hydrogen) atoms. The van der Waals surface area contributed by atoms with E-state index in [2.05, 4.69) is 5.32 Å². The lowest BCUT2D eigenvalue weighted by molar-refractivity contribution is 0.340. The Kier molecular flexibility index (Phi) is 5.13. The number of nitrogen functional groups attached to an aromatic ring is 1. The van der Waals surface area contributed by atoms with Gasteiger partial charge in [-0.25, -0.2) is 0 Å². The van der Waals surface area contributed by atoms with Crippen LogP contribution in [-0.4, -0.2) is 13.2 Å². The van der Waals surface area contributed by atoms with Gasteiger partial charge in [-0.05, 0) is 37.1 Å². The summed E-state index contributed by atoms with van der Waals surface area (Å²) >= 11 is 5.86. The largest absolute Gasteiger partial charge is 0.494 e. The van der Waals surface area contributed by atoms with Gasteiger partial charge < -0.3 is 15.8 Å². The van der Waals surface area contributed by atoms with E-state index in [9.17, 15) is 0 Å². The molecule has 2 aromatic carbocycles. The normalized spacial score (nSPS) is 10.3. The molecule has 0 aliphatic rings. The van der Waals surface area contributed by atoms with E-state index in [-0.39, 0.29) is 0 Å². The van der Waals surface area contributed by atoms with Gasteiger partial charge in [0.25, 0.3) is 0 Å². The number of halogens is 1. The van der Waals surface area contributed by atoms with Gasteiger partial charge in [-0.1, -0.05) is 23.7 Å². The lowest BCUT2D eigenvalue weighted by atomic mass is 10.1. The molecule has 0 amide bonds. The summed E-state index contributed by atoms with van der Waals surface area (Å²) in [6.45, 7) is 3.42. The average Bonchev–Trinajstić information content (AvgIpc) is 2.41. The van der Waals surface area contributed by atoms with Crippen molar-refractivity contribution in [3.05, 3.63) is 53.1 Å². The second-order valence-corrected chi connectivity index (χ2v) is 4.96. The van der Waals surface area contributed by atoms with Gasteiger partial charge in [0.15, 0.2) is 0 Å². The van der Waals surface area contributed by atoms with Crippen molar-refractivity contribution in [2.45, 2.75) is 13.3 Å². The number of anilines is 2. The van der Waals surface area contributed by atoms with E-state index >= 15 is 0 Å². The molecule has 0 aliphatic heterocycles. The molecular weight excluding hydrogens is 272 g/mol. The van der Waals surface area contributed by atoms with E-state index in [4.69, 9.17) is 22.1 Å². The van der Waals surface area contributed by atoms with E-state index in [1.807, 2.05) is 49.4 Å². The summed E-state index contributed by atoms with van der Waals surface area (Å²) in [5.41, 5.74) is 8.77. The molecule has 0 fully saturated rings. The SMILES string of the molecule is CCOc1cc(N)cc(NCCc2ccc(Cl)cc2)c1. The van der Waals surface area contributed by atoms with Crippen molar-refractivity contribution < 1.29 is 4.74 Å². The molecule has 0 heterocycles. The molecule has 2 aromatic rings. The van der Waals surface area contributed by atoms with Gasteiger partial charge in [0, 0.05) is 35.1 Å². The number of ether oxygens (including phenoxy) is 1. The Labute approximate surface area is 124 Å². The molecule has 0 unspecified atom stereocenters. The predicted octanol–water partition coefficient (Wildman–Crippen LogP) is 3.98. The minimum atomic E-state index is 0.633. The molecule has 0 bridgehead atoms. The van der Waals surface area contributed by atoms with Crippen LogP contribution in [0.1, 0.15) is 12.5 Å². The Morgan fingerprint density at radius 1 is 1.15 bits per heavy atom. The van der Waals surface area contributed by atoms with Crippen molar-refractivity contribution in [1.82, 2.24) is 0 Å². The van der Waals surface area contributed by atoms with Crippen LogP contribution in [0.15, 0.2) is 42.5 Å². The zero-order chi connectivity index (χ0) is 14.4. The third-order valence-electron chi connectivity index (χ3n) is 2.90. The van der Waals surface area contributed by atoms with Crippen LogP contribution in [0.5, 0.6) is 5.75 Å². The van der Waals surface area contributed by atoms with E-state index < -0.39 is 0 Å². The maximum atomic E-state index is 5.86. The molecule has 3 nitrogen and oxygen atoms in total. The zero-order valence-electron chi connectivity index (χ0n) is 11.5. The highest BCUT2D eigenvalue weighted by atomic mass is 35.5. The molecular formula is C16H19ClN2O. The van der Waals surface area contributed by atoms with Gasteiger partial charge in [-0.3, -0.25) is 0 Å². The topological polar surface area (TPSA) is 47.3 Å². The summed E-state index contributed by atoms with van der Waals surface area (Å²) in [7, 11) is 0. The smallest absolute Gasteiger partial charge is 0.123 e. The van der Waals surface area contributed by atoms with Crippen molar-refractivity contribution in [3.63, 3.8) is 0 Å². The fourth-order valence-corrected chi connectivity index (χ4v) is 2.10. The Morgan fingerprint density at radius 2 is 1.90 bits per heavy atom. The Bertz CT molecular complexity index is 555. The average molecular weight is 291 g/mol. The molecule has 0 radical (unpaired) electrons. The fraction of sp³-hybridized carbons (Fsp3) is 0.250. The Morgan fingerprint density at radius 3 is 2.60 bits per heavy atom. The summed E-state index contributed by atoms with van der Waals surface area (Å²) in [6, 6.07) is 13.6. The lowest BCUT2D eigenvalue weighted by Gasteiger charge is -2.10. The third-order valence-corrected chi connectivity index (χ3v) is 3.15. The quantitative estimate of drug-likeness (QED) is 0.791. The first-order chi connectivity index (χ1) is 9.67. The Hall–Kier alpha value is -1.87. The summed E-state index contributed by atoms with van der Waals surface area (Å²) in [4.78, 5) is 0. The standard InChI is InChI=1S/C16H19ClN2O/c1-2-20-16-10-14(18)9-15(11-16)19-8-7-12-3-5-13(17)6-4-12/h3-6,9-11,19H,2,7-8,18H2,1H3. The summed E-state index contributed by atoms with van der Waals surface area (Å²) in [5.74, 6) is 0.793. The highest BCUT2D eigenvalue weighted by Crippen LogP contribution is 2.22. The number of hydrogen-bond donors (Lipinski definition) is 2. The minimum Gasteiger partial charge on any atom is -0.494 e. The Balaban J connectivity index is 1.91. The summed E-state index contributed by atoms with van der Waals surface area (Å²) in [6.07, 6.45) is 0.927. The third kappa shape index (κ3) is 4.35. The molecule has 0 spiro atoms. The zero-order valence-corrected chi connectivity index (χ0v) is 12.3. The van der Waals surface area contributed by atoms with Crippen LogP contribution in [0, 0.1) is 0 Å². The number of nitrogens with two attached hydrogens (primary N) is 1. The van der Waals surface area contributed by atoms with Crippen molar-refractivity contribution in [1.29, 1.82) is 0 Å². The summed E-state index contributed by atoms with van der Waals surface area (Å²) < 4.78 is 5.47. The molecule has 106 valence electrons. The van der Waals surface area contributed by atoms with Crippen LogP contribution >= 0.6 is 11.6 Å². The van der Waals surface area contributed by atoms with Crippen LogP contribution in [0.25, 0.3) is 0 Å². The van der Waals surface area contributed by atoms with Gasteiger partial charge in [0.05, 0.1) is 6.61 Å². The van der Waals surface area contributed by atoms with Gasteiger partial charge in [0.2, 0.25) is 0 Å². The molecule has 2 rings (SSSR count). The first kappa shape index (κ1) is 14.5. The van der Waals surface area contributed by atoms with Crippen molar-refractivity contribution in [3.8, 4) is 5.75 Å². The van der Waals surface area contributed by atoms with Gasteiger partial charge in [-0.15, -0.1) is 0 Å². The highest BCUT2D eigenvalue weighted by Gasteiger charge is 2.00. The predicted molar refractivity (Wildman–Crippen MR) is 85.7 cm³/mol. The number of rotatable bonds is 6. The highest BCUT2D eigenvalue weighted by molar-refractivity contribution is 6.30. The van der Waals surface area contributed by atoms with Gasteiger partial charge in [-0.2, -0.15) is 0 Å². The fourth-order valence-electron chi connectivity index (χ4n) is 1.98. The minimum absolute atomic E-state index is 0.633. The first-order valence-electron chi connectivity index (χ1n) is 6.69. The van der Waals surface area contributed by atoms with Crippen LogP contribution in [0.2, 0.25) is 5.02 Å². The van der Waals surface area contributed by atoms with Crippen LogP contribution < -0.4 is 15.8 Å². The maximum absolute atomic E-state index is 5.86. The van der Waals surface area contributed by atoms with E-state index in [1.165, 1.54) is 5.56 Å².